The second kappa shape index (κ2) is 10.6. The van der Waals surface area contributed by atoms with Crippen molar-refractivity contribution in [2.24, 2.45) is 5.92 Å². The van der Waals surface area contributed by atoms with Gasteiger partial charge in [0.2, 0.25) is 0 Å². The molecule has 0 spiro atoms. The van der Waals surface area contributed by atoms with Crippen LogP contribution in [0.3, 0.4) is 0 Å². The van der Waals surface area contributed by atoms with Crippen LogP contribution in [-0.4, -0.2) is 62.8 Å². The zero-order valence-corrected chi connectivity index (χ0v) is 13.4. The Labute approximate surface area is 120 Å². The highest BCUT2D eigenvalue weighted by atomic mass is 16.5. The summed E-state index contributed by atoms with van der Waals surface area (Å²) in [6.45, 7) is 13.1. The van der Waals surface area contributed by atoms with Crippen LogP contribution < -0.4 is 0 Å². The maximum Gasteiger partial charge on any atom is 0.0490 e. The minimum Gasteiger partial charge on any atom is -0.384 e. The van der Waals surface area contributed by atoms with Crippen molar-refractivity contribution in [1.82, 2.24) is 9.80 Å². The Hall–Kier alpha value is -0.120. The molecule has 1 unspecified atom stereocenters. The molecule has 1 fully saturated rings. The van der Waals surface area contributed by atoms with E-state index in [1.54, 1.807) is 0 Å². The van der Waals surface area contributed by atoms with E-state index in [0.717, 1.165) is 12.5 Å². The van der Waals surface area contributed by atoms with Crippen molar-refractivity contribution < 1.29 is 4.74 Å². The van der Waals surface area contributed by atoms with Gasteiger partial charge in [-0.1, -0.05) is 26.7 Å². The van der Waals surface area contributed by atoms with Gasteiger partial charge in [0, 0.05) is 39.9 Å². The first-order chi connectivity index (χ1) is 9.30. The van der Waals surface area contributed by atoms with Crippen LogP contribution in [0.1, 0.15) is 46.0 Å². The molecule has 1 rings (SSSR count). The number of rotatable bonds is 10. The van der Waals surface area contributed by atoms with E-state index in [1.807, 2.05) is 7.11 Å². The van der Waals surface area contributed by atoms with E-state index in [1.165, 1.54) is 71.4 Å². The van der Waals surface area contributed by atoms with Crippen molar-refractivity contribution in [2.75, 3.05) is 53.0 Å². The monoisotopic (exact) mass is 270 g/mol. The summed E-state index contributed by atoms with van der Waals surface area (Å²) in [5, 5.41) is 0. The number of likely N-dealkylation sites (N-methyl/N-ethyl adjacent to an activating group) is 1. The summed E-state index contributed by atoms with van der Waals surface area (Å²) in [5.41, 5.74) is 0. The zero-order chi connectivity index (χ0) is 13.9. The molecule has 1 heterocycles. The Bertz CT molecular complexity index is 197. The lowest BCUT2D eigenvalue weighted by molar-refractivity contribution is 0.128. The molecule has 0 bridgehead atoms. The average molecular weight is 270 g/mol. The van der Waals surface area contributed by atoms with Crippen LogP contribution in [0.25, 0.3) is 0 Å². The number of hydrogen-bond donors (Lipinski definition) is 0. The molecular formula is C16H34N2O. The summed E-state index contributed by atoms with van der Waals surface area (Å²) in [6.07, 6.45) is 6.67. The molecule has 0 amide bonds. The second-order valence-corrected chi connectivity index (χ2v) is 5.88. The van der Waals surface area contributed by atoms with Crippen LogP contribution in [0.15, 0.2) is 0 Å². The molecule has 0 aromatic carbocycles. The number of nitrogens with zero attached hydrogens (tertiary/aromatic N) is 2. The van der Waals surface area contributed by atoms with Gasteiger partial charge in [0.1, 0.15) is 0 Å². The topological polar surface area (TPSA) is 15.7 Å². The largest absolute Gasteiger partial charge is 0.384 e. The van der Waals surface area contributed by atoms with Gasteiger partial charge < -0.3 is 14.5 Å². The maximum absolute atomic E-state index is 5.31. The van der Waals surface area contributed by atoms with E-state index in [0.29, 0.717) is 0 Å². The van der Waals surface area contributed by atoms with Crippen LogP contribution >= 0.6 is 0 Å². The lowest BCUT2D eigenvalue weighted by atomic mass is 9.98. The third kappa shape index (κ3) is 7.28. The van der Waals surface area contributed by atoms with E-state index in [9.17, 15) is 0 Å². The van der Waals surface area contributed by atoms with Crippen LogP contribution in [0.4, 0.5) is 0 Å². The standard InChI is InChI=1S/C16H34N2O/c1-4-8-16(15-19-3)9-6-7-10-18-13-11-17(5-2)12-14-18/h16H,4-15H2,1-3H3. The van der Waals surface area contributed by atoms with Gasteiger partial charge in [0.15, 0.2) is 0 Å². The summed E-state index contributed by atoms with van der Waals surface area (Å²) in [4.78, 5) is 5.18. The highest BCUT2D eigenvalue weighted by molar-refractivity contribution is 4.71. The molecule has 1 atom stereocenters. The first-order valence-electron chi connectivity index (χ1n) is 8.23. The number of hydrogen-bond acceptors (Lipinski definition) is 3. The van der Waals surface area contributed by atoms with E-state index in [2.05, 4.69) is 23.6 Å². The lowest BCUT2D eigenvalue weighted by Gasteiger charge is -2.34. The van der Waals surface area contributed by atoms with Gasteiger partial charge in [-0.15, -0.1) is 0 Å². The molecule has 0 aliphatic carbocycles. The summed E-state index contributed by atoms with van der Waals surface area (Å²) < 4.78 is 5.31. The first kappa shape index (κ1) is 16.9. The van der Waals surface area contributed by atoms with Crippen molar-refractivity contribution >= 4 is 0 Å². The smallest absolute Gasteiger partial charge is 0.0490 e. The lowest BCUT2D eigenvalue weighted by Crippen LogP contribution is -2.46. The molecule has 0 N–H and O–H groups in total. The number of unbranched alkanes of at least 4 members (excludes halogenated alkanes) is 1. The van der Waals surface area contributed by atoms with Gasteiger partial charge in [-0.2, -0.15) is 0 Å². The van der Waals surface area contributed by atoms with Crippen molar-refractivity contribution in [3.63, 3.8) is 0 Å². The Morgan fingerprint density at radius 1 is 0.947 bits per heavy atom. The molecular weight excluding hydrogens is 236 g/mol. The van der Waals surface area contributed by atoms with Crippen molar-refractivity contribution in [3.8, 4) is 0 Å². The molecule has 114 valence electrons. The number of ether oxygens (including phenoxy) is 1. The summed E-state index contributed by atoms with van der Waals surface area (Å²) in [7, 11) is 1.83. The Balaban J connectivity index is 2.03. The number of methoxy groups -OCH3 is 1. The molecule has 0 aromatic rings. The Kier molecular flexibility index (Phi) is 9.48. The fourth-order valence-electron chi connectivity index (χ4n) is 3.05. The highest BCUT2D eigenvalue weighted by Gasteiger charge is 2.15. The Morgan fingerprint density at radius 3 is 2.21 bits per heavy atom. The molecule has 0 aromatic heterocycles. The van der Waals surface area contributed by atoms with E-state index < -0.39 is 0 Å². The highest BCUT2D eigenvalue weighted by Crippen LogP contribution is 2.15. The van der Waals surface area contributed by atoms with Gasteiger partial charge in [-0.25, -0.2) is 0 Å². The van der Waals surface area contributed by atoms with Crippen LogP contribution in [0.5, 0.6) is 0 Å². The minimum atomic E-state index is 0.784. The summed E-state index contributed by atoms with van der Waals surface area (Å²) in [5.74, 6) is 0.784. The van der Waals surface area contributed by atoms with Crippen LogP contribution in [0, 0.1) is 5.92 Å². The SMILES string of the molecule is CCCC(CCCCN1CCN(CC)CC1)COC. The van der Waals surface area contributed by atoms with Crippen molar-refractivity contribution in [1.29, 1.82) is 0 Å². The fraction of sp³-hybridized carbons (Fsp3) is 1.00. The third-order valence-electron chi connectivity index (χ3n) is 4.35. The first-order valence-corrected chi connectivity index (χ1v) is 8.23. The van der Waals surface area contributed by atoms with Gasteiger partial charge in [0.25, 0.3) is 0 Å². The van der Waals surface area contributed by atoms with E-state index >= 15 is 0 Å². The van der Waals surface area contributed by atoms with Crippen LogP contribution in [0.2, 0.25) is 0 Å². The quantitative estimate of drug-likeness (QED) is 0.568. The molecule has 0 saturated carbocycles. The van der Waals surface area contributed by atoms with Gasteiger partial charge in [-0.05, 0) is 38.3 Å². The number of piperazine rings is 1. The van der Waals surface area contributed by atoms with Crippen molar-refractivity contribution in [2.45, 2.75) is 46.0 Å². The second-order valence-electron chi connectivity index (χ2n) is 5.88. The third-order valence-corrected chi connectivity index (χ3v) is 4.35. The predicted molar refractivity (Wildman–Crippen MR) is 82.7 cm³/mol. The molecule has 1 aliphatic heterocycles. The van der Waals surface area contributed by atoms with Crippen molar-refractivity contribution in [3.05, 3.63) is 0 Å². The van der Waals surface area contributed by atoms with Gasteiger partial charge >= 0.3 is 0 Å². The normalized spacial score (nSPS) is 19.7. The van der Waals surface area contributed by atoms with Crippen LogP contribution in [-0.2, 0) is 4.74 Å². The molecule has 0 radical (unpaired) electrons. The predicted octanol–water partition coefficient (Wildman–Crippen LogP) is 2.86. The van der Waals surface area contributed by atoms with Gasteiger partial charge in [0.05, 0.1) is 0 Å². The molecule has 1 aliphatic rings. The molecule has 3 heteroatoms. The molecule has 3 nitrogen and oxygen atoms in total. The fourth-order valence-corrected chi connectivity index (χ4v) is 3.05. The summed E-state index contributed by atoms with van der Waals surface area (Å²) in [6, 6.07) is 0. The van der Waals surface area contributed by atoms with E-state index in [-0.39, 0.29) is 0 Å². The molecule has 19 heavy (non-hydrogen) atoms. The molecule has 1 saturated heterocycles. The van der Waals surface area contributed by atoms with E-state index in [4.69, 9.17) is 4.74 Å². The zero-order valence-electron chi connectivity index (χ0n) is 13.4. The Morgan fingerprint density at radius 2 is 1.63 bits per heavy atom. The van der Waals surface area contributed by atoms with Gasteiger partial charge in [-0.3, -0.25) is 0 Å². The summed E-state index contributed by atoms with van der Waals surface area (Å²) >= 11 is 0. The minimum absolute atomic E-state index is 0.784. The maximum atomic E-state index is 5.31. The average Bonchev–Trinajstić information content (AvgIpc) is 2.44.